The fourth-order valence-corrected chi connectivity index (χ4v) is 2.34. The van der Waals surface area contributed by atoms with Gasteiger partial charge in [-0.15, -0.1) is 0 Å². The van der Waals surface area contributed by atoms with E-state index in [-0.39, 0.29) is 18.0 Å². The van der Waals surface area contributed by atoms with Gasteiger partial charge in [-0.1, -0.05) is 6.07 Å². The third-order valence-electron chi connectivity index (χ3n) is 2.79. The van der Waals surface area contributed by atoms with Crippen molar-refractivity contribution in [1.29, 1.82) is 0 Å². The number of aromatic nitrogens is 1. The van der Waals surface area contributed by atoms with Crippen LogP contribution in [0, 0.1) is 11.6 Å². The zero-order valence-electron chi connectivity index (χ0n) is 10.1. The number of benzene rings is 1. The summed E-state index contributed by atoms with van der Waals surface area (Å²) in [6.45, 7) is 0. The lowest BCUT2D eigenvalue weighted by Crippen LogP contribution is -2.26. The highest BCUT2D eigenvalue weighted by Gasteiger charge is 2.13. The Balaban J connectivity index is 2.07. The topological polar surface area (TPSA) is 38.9 Å². The van der Waals surface area contributed by atoms with Gasteiger partial charge in [-0.25, -0.2) is 8.78 Å². The fourth-order valence-electron chi connectivity index (χ4n) is 1.93. The minimum Gasteiger partial charge on any atom is -0.327 e. The van der Waals surface area contributed by atoms with E-state index in [1.54, 1.807) is 12.4 Å². The van der Waals surface area contributed by atoms with Gasteiger partial charge < -0.3 is 5.73 Å². The fraction of sp³-hybridized carbons (Fsp3) is 0.214. The van der Waals surface area contributed by atoms with Crippen molar-refractivity contribution in [2.75, 3.05) is 0 Å². The number of hydrogen-bond acceptors (Lipinski definition) is 2. The normalized spacial score (nSPS) is 12.4. The zero-order chi connectivity index (χ0) is 13.8. The lowest BCUT2D eigenvalue weighted by atomic mass is 10.00. The Morgan fingerprint density at radius 2 is 1.84 bits per heavy atom. The molecule has 2 aromatic rings. The second-order valence-electron chi connectivity index (χ2n) is 4.38. The van der Waals surface area contributed by atoms with Crippen LogP contribution in [0.15, 0.2) is 41.1 Å². The van der Waals surface area contributed by atoms with E-state index in [1.165, 1.54) is 18.2 Å². The molecule has 2 N–H and O–H groups in total. The molecule has 0 saturated heterocycles. The van der Waals surface area contributed by atoms with Gasteiger partial charge in [-0.3, -0.25) is 4.98 Å². The maximum Gasteiger partial charge on any atom is 0.129 e. The van der Waals surface area contributed by atoms with Gasteiger partial charge >= 0.3 is 0 Å². The Morgan fingerprint density at radius 1 is 1.16 bits per heavy atom. The predicted molar refractivity (Wildman–Crippen MR) is 73.7 cm³/mol. The van der Waals surface area contributed by atoms with Gasteiger partial charge in [0.25, 0.3) is 0 Å². The van der Waals surface area contributed by atoms with E-state index >= 15 is 0 Å². The van der Waals surface area contributed by atoms with Crippen LogP contribution >= 0.6 is 15.9 Å². The van der Waals surface area contributed by atoms with Crippen molar-refractivity contribution in [3.8, 4) is 0 Å². The van der Waals surface area contributed by atoms with Crippen molar-refractivity contribution >= 4 is 15.9 Å². The summed E-state index contributed by atoms with van der Waals surface area (Å²) < 4.78 is 27.9. The van der Waals surface area contributed by atoms with Crippen molar-refractivity contribution in [3.05, 3.63) is 63.9 Å². The molecule has 0 saturated carbocycles. The molecule has 1 unspecified atom stereocenters. The molecule has 19 heavy (non-hydrogen) atoms. The van der Waals surface area contributed by atoms with Crippen molar-refractivity contribution < 1.29 is 8.78 Å². The minimum absolute atomic E-state index is 0.0398. The molecule has 0 fully saturated rings. The van der Waals surface area contributed by atoms with E-state index < -0.39 is 11.6 Å². The molecule has 0 aliphatic heterocycles. The Labute approximate surface area is 118 Å². The number of hydrogen-bond donors (Lipinski definition) is 1. The van der Waals surface area contributed by atoms with Crippen LogP contribution in [0.25, 0.3) is 0 Å². The molecule has 1 aromatic carbocycles. The first-order valence-electron chi connectivity index (χ1n) is 5.84. The van der Waals surface area contributed by atoms with Gasteiger partial charge in [0.05, 0.1) is 0 Å². The molecule has 0 amide bonds. The highest BCUT2D eigenvalue weighted by atomic mass is 79.9. The zero-order valence-corrected chi connectivity index (χ0v) is 11.7. The van der Waals surface area contributed by atoms with Gasteiger partial charge in [0.1, 0.15) is 11.6 Å². The molecule has 0 aliphatic rings. The van der Waals surface area contributed by atoms with Gasteiger partial charge in [0.15, 0.2) is 0 Å². The molecule has 1 aromatic heterocycles. The van der Waals surface area contributed by atoms with E-state index in [0.29, 0.717) is 6.42 Å². The largest absolute Gasteiger partial charge is 0.327 e. The quantitative estimate of drug-likeness (QED) is 0.936. The van der Waals surface area contributed by atoms with Gasteiger partial charge in [0, 0.05) is 28.5 Å². The van der Waals surface area contributed by atoms with Crippen molar-refractivity contribution in [2.24, 2.45) is 5.73 Å². The summed E-state index contributed by atoms with van der Waals surface area (Å²) in [5, 5.41) is 0. The molecule has 0 aliphatic carbocycles. The van der Waals surface area contributed by atoms with Crippen LogP contribution in [0.3, 0.4) is 0 Å². The number of rotatable bonds is 4. The molecule has 1 heterocycles. The molecule has 0 spiro atoms. The maximum atomic E-state index is 13.5. The standard InChI is InChI=1S/C14H13BrF2N2/c15-10-4-9(7-19-8-10)5-11(18)6-12-13(16)2-1-3-14(12)17/h1-4,7-8,11H,5-6,18H2. The smallest absolute Gasteiger partial charge is 0.129 e. The Kier molecular flexibility index (Phi) is 4.61. The van der Waals surface area contributed by atoms with Crippen LogP contribution in [0.5, 0.6) is 0 Å². The van der Waals surface area contributed by atoms with E-state index in [1.807, 2.05) is 6.07 Å². The summed E-state index contributed by atoms with van der Waals surface area (Å²) in [5.74, 6) is -1.11. The molecular weight excluding hydrogens is 314 g/mol. The van der Waals surface area contributed by atoms with Crippen molar-refractivity contribution in [1.82, 2.24) is 4.98 Å². The Hall–Kier alpha value is -1.33. The average Bonchev–Trinajstić information content (AvgIpc) is 2.34. The average molecular weight is 327 g/mol. The number of nitrogens with zero attached hydrogens (tertiary/aromatic N) is 1. The van der Waals surface area contributed by atoms with Gasteiger partial charge in [-0.2, -0.15) is 0 Å². The monoisotopic (exact) mass is 326 g/mol. The summed E-state index contributed by atoms with van der Waals surface area (Å²) in [7, 11) is 0. The van der Waals surface area contributed by atoms with Crippen LogP contribution in [0.1, 0.15) is 11.1 Å². The van der Waals surface area contributed by atoms with E-state index in [4.69, 9.17) is 5.73 Å². The molecule has 1 atom stereocenters. The third-order valence-corrected chi connectivity index (χ3v) is 3.22. The van der Waals surface area contributed by atoms with Crippen LogP contribution < -0.4 is 5.73 Å². The summed E-state index contributed by atoms with van der Waals surface area (Å²) in [6, 6.07) is 5.36. The predicted octanol–water partition coefficient (Wildman–Crippen LogP) is 3.23. The van der Waals surface area contributed by atoms with Crippen LogP contribution in [0.4, 0.5) is 8.78 Å². The molecule has 5 heteroatoms. The van der Waals surface area contributed by atoms with E-state index in [9.17, 15) is 8.78 Å². The summed E-state index contributed by atoms with van der Waals surface area (Å²) in [4.78, 5) is 4.03. The summed E-state index contributed by atoms with van der Waals surface area (Å²) in [6.07, 6.45) is 4.04. The molecule has 0 bridgehead atoms. The lowest BCUT2D eigenvalue weighted by molar-refractivity contribution is 0.533. The van der Waals surface area contributed by atoms with Gasteiger partial charge in [-0.05, 0) is 52.5 Å². The second-order valence-corrected chi connectivity index (χ2v) is 5.30. The summed E-state index contributed by atoms with van der Waals surface area (Å²) in [5.41, 5.74) is 6.92. The number of halogens is 3. The highest BCUT2D eigenvalue weighted by Crippen LogP contribution is 2.16. The van der Waals surface area contributed by atoms with Crippen LogP contribution in [-0.4, -0.2) is 11.0 Å². The second kappa shape index (κ2) is 6.21. The first kappa shape index (κ1) is 14.1. The molecular formula is C14H13BrF2N2. The summed E-state index contributed by atoms with van der Waals surface area (Å²) >= 11 is 3.32. The van der Waals surface area contributed by atoms with Crippen molar-refractivity contribution in [3.63, 3.8) is 0 Å². The number of nitrogens with two attached hydrogens (primary N) is 1. The Bertz CT molecular complexity index is 555. The van der Waals surface area contributed by atoms with E-state index in [2.05, 4.69) is 20.9 Å². The number of pyridine rings is 1. The van der Waals surface area contributed by atoms with Crippen molar-refractivity contribution in [2.45, 2.75) is 18.9 Å². The lowest BCUT2D eigenvalue weighted by Gasteiger charge is -2.13. The van der Waals surface area contributed by atoms with Crippen LogP contribution in [-0.2, 0) is 12.8 Å². The first-order chi connectivity index (χ1) is 9.06. The first-order valence-corrected chi connectivity index (χ1v) is 6.63. The van der Waals surface area contributed by atoms with Crippen LogP contribution in [0.2, 0.25) is 0 Å². The highest BCUT2D eigenvalue weighted by molar-refractivity contribution is 9.10. The SMILES string of the molecule is NC(Cc1cncc(Br)c1)Cc1c(F)cccc1F. The molecule has 100 valence electrons. The molecule has 2 nitrogen and oxygen atoms in total. The Morgan fingerprint density at radius 3 is 2.47 bits per heavy atom. The van der Waals surface area contributed by atoms with E-state index in [0.717, 1.165) is 10.0 Å². The maximum absolute atomic E-state index is 13.5. The molecule has 0 radical (unpaired) electrons. The minimum atomic E-state index is -0.553. The third kappa shape index (κ3) is 3.81. The molecule has 2 rings (SSSR count). The van der Waals surface area contributed by atoms with Gasteiger partial charge in [0.2, 0.25) is 0 Å².